The molecule has 1 aromatic carbocycles. The van der Waals surface area contributed by atoms with Gasteiger partial charge in [-0.15, -0.1) is 0 Å². The van der Waals surface area contributed by atoms with E-state index in [4.69, 9.17) is 9.84 Å². The van der Waals surface area contributed by atoms with Gasteiger partial charge in [-0.3, -0.25) is 4.79 Å². The van der Waals surface area contributed by atoms with Crippen LogP contribution in [0.5, 0.6) is 0 Å². The van der Waals surface area contributed by atoms with Gasteiger partial charge in [0.1, 0.15) is 12.4 Å². The van der Waals surface area contributed by atoms with Gasteiger partial charge in [0, 0.05) is 18.7 Å². The van der Waals surface area contributed by atoms with E-state index in [1.165, 1.54) is 18.2 Å². The van der Waals surface area contributed by atoms with Gasteiger partial charge in [-0.05, 0) is 37.5 Å². The highest BCUT2D eigenvalue weighted by atomic mass is 19.1. The molecule has 2 rings (SSSR count). The number of carbonyl (C=O) groups excluding carboxylic acids is 1. The quantitative estimate of drug-likeness (QED) is 0.829. The molecule has 0 aromatic heterocycles. The average Bonchev–Trinajstić information content (AvgIpc) is 2.92. The third-order valence-electron chi connectivity index (χ3n) is 3.58. The van der Waals surface area contributed by atoms with E-state index in [-0.39, 0.29) is 30.2 Å². The van der Waals surface area contributed by atoms with Crippen LogP contribution in [0.4, 0.5) is 4.39 Å². The number of ether oxygens (including phenoxy) is 1. The molecule has 0 spiro atoms. The minimum atomic E-state index is -0.464. The van der Waals surface area contributed by atoms with Crippen LogP contribution in [0.3, 0.4) is 0 Å². The van der Waals surface area contributed by atoms with Crippen molar-refractivity contribution in [3.8, 4) is 11.8 Å². The maximum atomic E-state index is 13.3. The molecule has 0 bridgehead atoms. The summed E-state index contributed by atoms with van der Waals surface area (Å²) in [7, 11) is 1.66. The van der Waals surface area contributed by atoms with E-state index in [1.807, 2.05) is 0 Å². The molecule has 0 saturated heterocycles. The zero-order valence-electron chi connectivity index (χ0n) is 11.9. The summed E-state index contributed by atoms with van der Waals surface area (Å²) in [6.45, 7) is -0.338. The van der Waals surface area contributed by atoms with Gasteiger partial charge in [-0.1, -0.05) is 11.8 Å². The van der Waals surface area contributed by atoms with Crippen LogP contribution in [0.2, 0.25) is 0 Å². The first kappa shape index (κ1) is 15.5. The topological polar surface area (TPSA) is 58.6 Å². The second-order valence-corrected chi connectivity index (χ2v) is 4.99. The Bertz CT molecular complexity index is 577. The summed E-state index contributed by atoms with van der Waals surface area (Å²) in [6.07, 6.45) is 2.74. The number of aliphatic hydroxyl groups is 1. The molecule has 1 aliphatic rings. The lowest BCUT2D eigenvalue weighted by Crippen LogP contribution is -2.33. The Labute approximate surface area is 123 Å². The summed E-state index contributed by atoms with van der Waals surface area (Å²) < 4.78 is 18.5. The van der Waals surface area contributed by atoms with E-state index in [9.17, 15) is 9.18 Å². The van der Waals surface area contributed by atoms with E-state index in [0.29, 0.717) is 5.56 Å². The lowest BCUT2D eigenvalue weighted by Gasteiger charge is -2.14. The fraction of sp³-hybridized carbons (Fsp3) is 0.438. The molecule has 0 radical (unpaired) electrons. The molecular weight excluding hydrogens is 273 g/mol. The molecule has 112 valence electrons. The predicted octanol–water partition coefficient (Wildman–Crippen LogP) is 1.47. The maximum Gasteiger partial charge on any atom is 0.252 e. The van der Waals surface area contributed by atoms with Crippen LogP contribution < -0.4 is 5.32 Å². The number of amides is 1. The van der Waals surface area contributed by atoms with Crippen molar-refractivity contribution in [3.63, 3.8) is 0 Å². The van der Waals surface area contributed by atoms with Crippen LogP contribution in [0.25, 0.3) is 0 Å². The van der Waals surface area contributed by atoms with Crippen molar-refractivity contribution in [2.24, 2.45) is 0 Å². The summed E-state index contributed by atoms with van der Waals surface area (Å²) in [6, 6.07) is 3.90. The van der Waals surface area contributed by atoms with E-state index in [0.717, 1.165) is 19.3 Å². The van der Waals surface area contributed by atoms with E-state index in [1.54, 1.807) is 7.11 Å². The van der Waals surface area contributed by atoms with E-state index in [2.05, 4.69) is 17.2 Å². The minimum absolute atomic E-state index is 0.0613. The molecular formula is C16H18FNO3. The van der Waals surface area contributed by atoms with E-state index >= 15 is 0 Å². The first-order valence-corrected chi connectivity index (χ1v) is 6.87. The van der Waals surface area contributed by atoms with Crippen molar-refractivity contribution in [2.75, 3.05) is 13.7 Å². The Morgan fingerprint density at radius 3 is 3.00 bits per heavy atom. The number of carbonyl (C=O) groups is 1. The van der Waals surface area contributed by atoms with Crippen LogP contribution in [-0.4, -0.2) is 36.9 Å². The Balaban J connectivity index is 2.12. The number of hydrogen-bond donors (Lipinski definition) is 2. The third kappa shape index (κ3) is 4.03. The van der Waals surface area contributed by atoms with Crippen LogP contribution in [0, 0.1) is 17.7 Å². The van der Waals surface area contributed by atoms with Gasteiger partial charge >= 0.3 is 0 Å². The first-order chi connectivity index (χ1) is 10.1. The molecule has 1 aromatic rings. The molecule has 2 atom stereocenters. The lowest BCUT2D eigenvalue weighted by molar-refractivity contribution is 0.0915. The van der Waals surface area contributed by atoms with Crippen molar-refractivity contribution in [3.05, 3.63) is 35.1 Å². The molecule has 1 amide bonds. The maximum absolute atomic E-state index is 13.3. The van der Waals surface area contributed by atoms with Crippen molar-refractivity contribution in [1.29, 1.82) is 0 Å². The molecule has 0 aliphatic heterocycles. The Morgan fingerprint density at radius 1 is 1.52 bits per heavy atom. The Hall–Kier alpha value is -1.90. The van der Waals surface area contributed by atoms with Gasteiger partial charge in [-0.2, -0.15) is 0 Å². The van der Waals surface area contributed by atoms with Crippen molar-refractivity contribution in [1.82, 2.24) is 5.32 Å². The minimum Gasteiger partial charge on any atom is -0.384 e. The second kappa shape index (κ2) is 7.21. The molecule has 2 unspecified atom stereocenters. The van der Waals surface area contributed by atoms with Crippen LogP contribution in [-0.2, 0) is 4.74 Å². The lowest BCUT2D eigenvalue weighted by atomic mass is 10.1. The fourth-order valence-electron chi connectivity index (χ4n) is 2.50. The number of hydrogen-bond acceptors (Lipinski definition) is 3. The van der Waals surface area contributed by atoms with Gasteiger partial charge in [0.05, 0.1) is 11.7 Å². The van der Waals surface area contributed by atoms with Crippen molar-refractivity contribution < 1.29 is 19.0 Å². The summed E-state index contributed by atoms with van der Waals surface area (Å²) in [5, 5.41) is 11.7. The van der Waals surface area contributed by atoms with Crippen LogP contribution >= 0.6 is 0 Å². The second-order valence-electron chi connectivity index (χ2n) is 4.99. The normalized spacial score (nSPS) is 20.7. The zero-order chi connectivity index (χ0) is 15.2. The molecule has 1 saturated carbocycles. The monoisotopic (exact) mass is 291 g/mol. The number of methoxy groups -OCH3 is 1. The largest absolute Gasteiger partial charge is 0.384 e. The average molecular weight is 291 g/mol. The third-order valence-corrected chi connectivity index (χ3v) is 3.58. The highest BCUT2D eigenvalue weighted by Gasteiger charge is 2.26. The predicted molar refractivity (Wildman–Crippen MR) is 76.3 cm³/mol. The SMILES string of the molecule is COC1CCC(NC(=O)c2ccc(F)cc2C#CCO)C1. The van der Waals surface area contributed by atoms with Gasteiger partial charge < -0.3 is 15.2 Å². The van der Waals surface area contributed by atoms with Gasteiger partial charge in [0.2, 0.25) is 0 Å². The number of halogens is 1. The molecule has 2 N–H and O–H groups in total. The molecule has 21 heavy (non-hydrogen) atoms. The highest BCUT2D eigenvalue weighted by Crippen LogP contribution is 2.22. The fourth-order valence-corrected chi connectivity index (χ4v) is 2.50. The Morgan fingerprint density at radius 2 is 2.33 bits per heavy atom. The molecule has 1 fully saturated rings. The van der Waals surface area contributed by atoms with Gasteiger partial charge in [-0.25, -0.2) is 4.39 Å². The first-order valence-electron chi connectivity index (χ1n) is 6.87. The number of benzene rings is 1. The summed E-state index contributed by atoms with van der Waals surface area (Å²) >= 11 is 0. The van der Waals surface area contributed by atoms with Crippen molar-refractivity contribution >= 4 is 5.91 Å². The number of rotatable bonds is 3. The Kier molecular flexibility index (Phi) is 5.32. The summed E-state index contributed by atoms with van der Waals surface area (Å²) in [5.41, 5.74) is 0.598. The molecule has 1 aliphatic carbocycles. The zero-order valence-corrected chi connectivity index (χ0v) is 11.9. The highest BCUT2D eigenvalue weighted by molar-refractivity contribution is 5.96. The number of nitrogens with one attached hydrogen (secondary N) is 1. The smallest absolute Gasteiger partial charge is 0.252 e. The van der Waals surface area contributed by atoms with Crippen LogP contribution in [0.15, 0.2) is 18.2 Å². The van der Waals surface area contributed by atoms with Crippen LogP contribution in [0.1, 0.15) is 35.2 Å². The summed E-state index contributed by atoms with van der Waals surface area (Å²) in [5.74, 6) is 4.30. The van der Waals surface area contributed by atoms with Gasteiger partial charge in [0.15, 0.2) is 0 Å². The number of aliphatic hydroxyl groups excluding tert-OH is 1. The molecule has 5 heteroatoms. The van der Waals surface area contributed by atoms with Crippen molar-refractivity contribution in [2.45, 2.75) is 31.4 Å². The molecule has 4 nitrogen and oxygen atoms in total. The summed E-state index contributed by atoms with van der Waals surface area (Å²) in [4.78, 5) is 12.3. The van der Waals surface area contributed by atoms with Gasteiger partial charge in [0.25, 0.3) is 5.91 Å². The van der Waals surface area contributed by atoms with E-state index < -0.39 is 5.82 Å². The standard InChI is InChI=1S/C16H18FNO3/c1-21-14-6-5-13(10-14)18-16(20)15-7-4-12(17)9-11(15)3-2-8-19/h4,7,9,13-14,19H,5-6,8,10H2,1H3,(H,18,20). The molecule has 0 heterocycles.